The molecule has 188 valence electrons. The van der Waals surface area contributed by atoms with Gasteiger partial charge in [-0.05, 0) is 81.5 Å². The molecule has 0 spiro atoms. The van der Waals surface area contributed by atoms with Crippen LogP contribution in [0.15, 0.2) is 24.0 Å². The molecule has 3 aliphatic carbocycles. The average Bonchev–Trinajstić information content (AvgIpc) is 2.85. The molecule has 1 aliphatic heterocycles. The molecule has 1 N–H and O–H groups in total. The molecule has 1 aromatic rings. The maximum Gasteiger partial charge on any atom is 0.331 e. The SMILES string of the molecule is COC1=C[C@@H]2[C@@H]3Cc4c(/C=C/C(=O)OC5CCCCC5)cc(OC)c(O)c4[C@]2(CCN3C)CC1=O. The molecule has 7 nitrogen and oxygen atoms in total. The number of fused-ring (bicyclic) bond motifs is 1. The lowest BCUT2D eigenvalue weighted by Gasteiger charge is -2.56. The zero-order valence-electron chi connectivity index (χ0n) is 20.8. The molecule has 1 heterocycles. The van der Waals surface area contributed by atoms with Crippen LogP contribution in [0.4, 0.5) is 0 Å². The van der Waals surface area contributed by atoms with E-state index in [1.165, 1.54) is 26.7 Å². The number of nitrogens with zero attached hydrogens (tertiary/aromatic N) is 1. The summed E-state index contributed by atoms with van der Waals surface area (Å²) in [6, 6.07) is 1.94. The van der Waals surface area contributed by atoms with Gasteiger partial charge in [0.15, 0.2) is 23.0 Å². The summed E-state index contributed by atoms with van der Waals surface area (Å²) in [7, 11) is 5.17. The average molecular weight is 482 g/mol. The van der Waals surface area contributed by atoms with Gasteiger partial charge in [-0.2, -0.15) is 0 Å². The summed E-state index contributed by atoms with van der Waals surface area (Å²) in [5.41, 5.74) is 2.04. The zero-order valence-corrected chi connectivity index (χ0v) is 20.8. The van der Waals surface area contributed by atoms with Crippen LogP contribution < -0.4 is 4.74 Å². The van der Waals surface area contributed by atoms with E-state index in [2.05, 4.69) is 11.9 Å². The van der Waals surface area contributed by atoms with Crippen molar-refractivity contribution in [2.24, 2.45) is 5.92 Å². The van der Waals surface area contributed by atoms with E-state index < -0.39 is 5.41 Å². The summed E-state index contributed by atoms with van der Waals surface area (Å²) in [5, 5.41) is 11.4. The number of rotatable bonds is 5. The summed E-state index contributed by atoms with van der Waals surface area (Å²) >= 11 is 0. The number of likely N-dealkylation sites (tertiary alicyclic amines) is 1. The number of piperidine rings is 1. The van der Waals surface area contributed by atoms with Gasteiger partial charge in [0.1, 0.15) is 6.10 Å². The molecule has 0 amide bonds. The minimum Gasteiger partial charge on any atom is -0.504 e. The van der Waals surface area contributed by atoms with Gasteiger partial charge in [0.05, 0.1) is 14.2 Å². The summed E-state index contributed by atoms with van der Waals surface area (Å²) in [5.74, 6) is 0.496. The van der Waals surface area contributed by atoms with E-state index in [1.807, 2.05) is 6.08 Å². The van der Waals surface area contributed by atoms with E-state index in [-0.39, 0.29) is 42.0 Å². The van der Waals surface area contributed by atoms with Crippen LogP contribution in [-0.4, -0.2) is 61.7 Å². The molecule has 0 aromatic heterocycles. The summed E-state index contributed by atoms with van der Waals surface area (Å²) in [6.45, 7) is 0.833. The fourth-order valence-electron chi connectivity index (χ4n) is 6.82. The number of hydrogen-bond donors (Lipinski definition) is 1. The van der Waals surface area contributed by atoms with Crippen molar-refractivity contribution < 1.29 is 28.9 Å². The van der Waals surface area contributed by atoms with Crippen molar-refractivity contribution in [3.05, 3.63) is 40.7 Å². The fourth-order valence-corrected chi connectivity index (χ4v) is 6.82. The third kappa shape index (κ3) is 4.03. The second kappa shape index (κ2) is 9.34. The minimum absolute atomic E-state index is 0.00755. The maximum atomic E-state index is 13.0. The number of benzene rings is 1. The lowest BCUT2D eigenvalue weighted by atomic mass is 9.53. The first kappa shape index (κ1) is 23.9. The Hall–Kier alpha value is -2.80. The molecule has 7 heteroatoms. The highest BCUT2D eigenvalue weighted by Gasteiger charge is 2.57. The number of carbonyl (C=O) groups is 2. The summed E-state index contributed by atoms with van der Waals surface area (Å²) in [6.07, 6.45) is 12.2. The number of ketones is 1. The van der Waals surface area contributed by atoms with Gasteiger partial charge < -0.3 is 24.2 Å². The van der Waals surface area contributed by atoms with Crippen LogP contribution in [0, 0.1) is 5.92 Å². The van der Waals surface area contributed by atoms with Gasteiger partial charge in [-0.25, -0.2) is 4.79 Å². The molecule has 0 radical (unpaired) electrons. The van der Waals surface area contributed by atoms with Crippen LogP contribution in [0.3, 0.4) is 0 Å². The molecule has 0 unspecified atom stereocenters. The number of phenols is 1. The Balaban J connectivity index is 1.57. The van der Waals surface area contributed by atoms with E-state index in [0.29, 0.717) is 17.9 Å². The number of methoxy groups -OCH3 is 2. The largest absolute Gasteiger partial charge is 0.504 e. The van der Waals surface area contributed by atoms with Crippen LogP contribution in [0.25, 0.3) is 6.08 Å². The highest BCUT2D eigenvalue weighted by atomic mass is 16.5. The van der Waals surface area contributed by atoms with Crippen molar-refractivity contribution >= 4 is 17.8 Å². The van der Waals surface area contributed by atoms with Crippen LogP contribution in [0.1, 0.15) is 61.6 Å². The van der Waals surface area contributed by atoms with Crippen LogP contribution >= 0.6 is 0 Å². The summed E-state index contributed by atoms with van der Waals surface area (Å²) in [4.78, 5) is 28.0. The number of allylic oxidation sites excluding steroid dienone is 1. The highest BCUT2D eigenvalue weighted by Crippen LogP contribution is 2.58. The molecule has 1 saturated heterocycles. The lowest BCUT2D eigenvalue weighted by molar-refractivity contribution is -0.144. The molecule has 2 bridgehead atoms. The molecule has 35 heavy (non-hydrogen) atoms. The Morgan fingerprint density at radius 1 is 1.20 bits per heavy atom. The van der Waals surface area contributed by atoms with Gasteiger partial charge in [-0.3, -0.25) is 4.79 Å². The predicted octanol–water partition coefficient (Wildman–Crippen LogP) is 3.91. The number of esters is 1. The molecular formula is C28H35NO6. The third-order valence-electron chi connectivity index (χ3n) is 8.60. The zero-order chi connectivity index (χ0) is 24.7. The van der Waals surface area contributed by atoms with E-state index in [4.69, 9.17) is 14.2 Å². The molecule has 3 atom stereocenters. The van der Waals surface area contributed by atoms with Crippen molar-refractivity contribution in [3.63, 3.8) is 0 Å². The number of Topliss-reactive ketones (excluding diaryl/α,β-unsaturated/α-hetero) is 1. The van der Waals surface area contributed by atoms with Gasteiger partial charge in [0, 0.05) is 35.4 Å². The molecule has 4 aliphatic rings. The monoisotopic (exact) mass is 481 g/mol. The van der Waals surface area contributed by atoms with E-state index in [0.717, 1.165) is 55.3 Å². The Bertz CT molecular complexity index is 1090. The predicted molar refractivity (Wildman–Crippen MR) is 131 cm³/mol. The number of hydrogen-bond acceptors (Lipinski definition) is 7. The standard InChI is InChI=1S/C28H35NO6/c1-29-12-11-28-16-22(30)23(33-2)15-20(28)21(29)14-19-17(13-24(34-3)27(32)26(19)28)9-10-25(31)35-18-7-5-4-6-8-18/h9-10,13,15,18,20-21,32H,4-8,11-12,14,16H2,1-3H3/b10-9+/t20-,21+,28-/m1/s1. The van der Waals surface area contributed by atoms with Crippen molar-refractivity contribution in [2.75, 3.05) is 27.8 Å². The van der Waals surface area contributed by atoms with E-state index in [1.54, 1.807) is 12.1 Å². The van der Waals surface area contributed by atoms with Crippen molar-refractivity contribution in [1.29, 1.82) is 0 Å². The number of carbonyl (C=O) groups excluding carboxylic acids is 2. The number of ether oxygens (including phenoxy) is 3. The van der Waals surface area contributed by atoms with Crippen LogP contribution in [-0.2, 0) is 30.9 Å². The molecular weight excluding hydrogens is 446 g/mol. The lowest BCUT2D eigenvalue weighted by Crippen LogP contribution is -2.60. The molecule has 1 aromatic carbocycles. The first-order valence-corrected chi connectivity index (χ1v) is 12.7. The smallest absolute Gasteiger partial charge is 0.331 e. The maximum absolute atomic E-state index is 13.0. The van der Waals surface area contributed by atoms with E-state index in [9.17, 15) is 14.7 Å². The first-order valence-electron chi connectivity index (χ1n) is 12.7. The topological polar surface area (TPSA) is 85.3 Å². The van der Waals surface area contributed by atoms with Crippen LogP contribution in [0.2, 0.25) is 0 Å². The highest BCUT2D eigenvalue weighted by molar-refractivity contribution is 5.96. The quantitative estimate of drug-likeness (QED) is 0.504. The molecule has 2 fully saturated rings. The fraction of sp³-hybridized carbons (Fsp3) is 0.571. The van der Waals surface area contributed by atoms with Gasteiger partial charge >= 0.3 is 5.97 Å². The number of likely N-dealkylation sites (N-methyl/N-ethyl adjacent to an activating group) is 1. The minimum atomic E-state index is -0.534. The number of phenolic OH excluding ortho intramolecular Hbond substituents is 1. The molecule has 5 rings (SSSR count). The molecule has 1 saturated carbocycles. The van der Waals surface area contributed by atoms with Gasteiger partial charge in [-0.1, -0.05) is 6.42 Å². The van der Waals surface area contributed by atoms with Gasteiger partial charge in [0.2, 0.25) is 0 Å². The van der Waals surface area contributed by atoms with Gasteiger partial charge in [-0.15, -0.1) is 0 Å². The second-order valence-corrected chi connectivity index (χ2v) is 10.4. The Labute approximate surface area is 206 Å². The summed E-state index contributed by atoms with van der Waals surface area (Å²) < 4.78 is 16.6. The van der Waals surface area contributed by atoms with Gasteiger partial charge in [0.25, 0.3) is 0 Å². The Morgan fingerprint density at radius 3 is 2.69 bits per heavy atom. The Kier molecular flexibility index (Phi) is 6.38. The van der Waals surface area contributed by atoms with Crippen molar-refractivity contribution in [2.45, 2.75) is 68.9 Å². The normalized spacial score (nSPS) is 28.8. The third-order valence-corrected chi connectivity index (χ3v) is 8.60. The van der Waals surface area contributed by atoms with Crippen molar-refractivity contribution in [3.8, 4) is 11.5 Å². The number of aromatic hydroxyl groups is 1. The first-order chi connectivity index (χ1) is 16.9. The van der Waals surface area contributed by atoms with Crippen molar-refractivity contribution in [1.82, 2.24) is 4.90 Å². The van der Waals surface area contributed by atoms with Crippen LogP contribution in [0.5, 0.6) is 11.5 Å². The second-order valence-electron chi connectivity index (χ2n) is 10.4. The van der Waals surface area contributed by atoms with E-state index >= 15 is 0 Å². The Morgan fingerprint density at radius 2 is 1.97 bits per heavy atom.